The molecule has 2 aromatic carbocycles. The number of hydrogen-bond donors (Lipinski definition) is 1. The average molecular weight is 342 g/mol. The van der Waals surface area contributed by atoms with Gasteiger partial charge in [-0.1, -0.05) is 6.07 Å². The van der Waals surface area contributed by atoms with E-state index in [0.29, 0.717) is 22.9 Å². The largest absolute Gasteiger partial charge is 0.497 e. The van der Waals surface area contributed by atoms with Crippen molar-refractivity contribution in [3.63, 3.8) is 0 Å². The third-order valence-corrected chi connectivity index (χ3v) is 3.68. The number of hydrogen-bond acceptors (Lipinski definition) is 4. The standard InChI is InChI=1S/C19H22N2O4/c1-13-5-10-18(25-4)17(11-13)21(14(2)22)12-19(23)20-15-6-8-16(24-3)9-7-15/h5-11H,12H2,1-4H3,(H,20,23). The molecule has 0 aliphatic heterocycles. The lowest BCUT2D eigenvalue weighted by Crippen LogP contribution is -2.37. The molecule has 0 unspecified atom stereocenters. The highest BCUT2D eigenvalue weighted by molar-refractivity contribution is 6.02. The van der Waals surface area contributed by atoms with Crippen molar-refractivity contribution in [1.82, 2.24) is 0 Å². The second-order valence-electron chi connectivity index (χ2n) is 5.56. The number of nitrogens with zero attached hydrogens (tertiary/aromatic N) is 1. The summed E-state index contributed by atoms with van der Waals surface area (Å²) in [6, 6.07) is 12.5. The van der Waals surface area contributed by atoms with Gasteiger partial charge < -0.3 is 14.8 Å². The van der Waals surface area contributed by atoms with Crippen molar-refractivity contribution < 1.29 is 19.1 Å². The van der Waals surface area contributed by atoms with Crippen LogP contribution in [-0.4, -0.2) is 32.6 Å². The van der Waals surface area contributed by atoms with Gasteiger partial charge in [-0.25, -0.2) is 0 Å². The third kappa shape index (κ3) is 4.73. The van der Waals surface area contributed by atoms with E-state index in [1.54, 1.807) is 37.4 Å². The summed E-state index contributed by atoms with van der Waals surface area (Å²) in [4.78, 5) is 25.8. The highest BCUT2D eigenvalue weighted by Gasteiger charge is 2.19. The highest BCUT2D eigenvalue weighted by Crippen LogP contribution is 2.29. The first-order valence-electron chi connectivity index (χ1n) is 7.81. The van der Waals surface area contributed by atoms with Crippen molar-refractivity contribution in [3.05, 3.63) is 48.0 Å². The van der Waals surface area contributed by atoms with Crippen LogP contribution in [0.3, 0.4) is 0 Å². The van der Waals surface area contributed by atoms with E-state index in [9.17, 15) is 9.59 Å². The summed E-state index contributed by atoms with van der Waals surface area (Å²) < 4.78 is 10.4. The number of ether oxygens (including phenoxy) is 2. The number of rotatable bonds is 6. The third-order valence-electron chi connectivity index (χ3n) is 3.68. The van der Waals surface area contributed by atoms with Gasteiger partial charge in [0.05, 0.1) is 19.9 Å². The molecule has 0 atom stereocenters. The van der Waals surface area contributed by atoms with Crippen LogP contribution in [0.5, 0.6) is 11.5 Å². The van der Waals surface area contributed by atoms with E-state index in [1.165, 1.54) is 18.9 Å². The van der Waals surface area contributed by atoms with Crippen molar-refractivity contribution in [2.75, 3.05) is 31.0 Å². The molecule has 2 aromatic rings. The molecule has 0 radical (unpaired) electrons. The van der Waals surface area contributed by atoms with Crippen LogP contribution in [0.1, 0.15) is 12.5 Å². The van der Waals surface area contributed by atoms with Gasteiger partial charge in [-0.15, -0.1) is 0 Å². The maximum absolute atomic E-state index is 12.4. The zero-order valence-electron chi connectivity index (χ0n) is 14.8. The molecule has 0 spiro atoms. The molecule has 0 bridgehead atoms. The van der Waals surface area contributed by atoms with Gasteiger partial charge in [-0.3, -0.25) is 14.5 Å². The van der Waals surface area contributed by atoms with Gasteiger partial charge in [-0.2, -0.15) is 0 Å². The van der Waals surface area contributed by atoms with Gasteiger partial charge in [0.15, 0.2) is 0 Å². The van der Waals surface area contributed by atoms with Crippen molar-refractivity contribution in [2.24, 2.45) is 0 Å². The zero-order valence-corrected chi connectivity index (χ0v) is 14.8. The fraction of sp³-hybridized carbons (Fsp3) is 0.263. The summed E-state index contributed by atoms with van der Waals surface area (Å²) in [6.07, 6.45) is 0. The van der Waals surface area contributed by atoms with Gasteiger partial charge >= 0.3 is 0 Å². The number of carbonyl (C=O) groups is 2. The summed E-state index contributed by atoms with van der Waals surface area (Å²) in [6.45, 7) is 3.22. The summed E-state index contributed by atoms with van der Waals surface area (Å²) in [5.74, 6) is 0.698. The molecule has 2 amide bonds. The van der Waals surface area contributed by atoms with Crippen LogP contribution in [0, 0.1) is 6.92 Å². The number of methoxy groups -OCH3 is 2. The first-order valence-corrected chi connectivity index (χ1v) is 7.81. The summed E-state index contributed by atoms with van der Waals surface area (Å²) >= 11 is 0. The van der Waals surface area contributed by atoms with E-state index in [1.807, 2.05) is 19.1 Å². The van der Waals surface area contributed by atoms with Gasteiger partial charge in [-0.05, 0) is 48.9 Å². The summed E-state index contributed by atoms with van der Waals surface area (Å²) in [5, 5.41) is 2.77. The molecule has 2 rings (SSSR count). The minimum atomic E-state index is -0.302. The number of aryl methyl sites for hydroxylation is 1. The second kappa shape index (κ2) is 8.19. The Morgan fingerprint density at radius 1 is 1.04 bits per heavy atom. The molecule has 132 valence electrons. The number of amides is 2. The number of carbonyl (C=O) groups excluding carboxylic acids is 2. The predicted octanol–water partition coefficient (Wildman–Crippen LogP) is 3.00. The first-order chi connectivity index (χ1) is 11.9. The molecule has 6 nitrogen and oxygen atoms in total. The van der Waals surface area contributed by atoms with Crippen molar-refractivity contribution in [1.29, 1.82) is 0 Å². The molecule has 0 heterocycles. The molecule has 0 saturated heterocycles. The minimum absolute atomic E-state index is 0.110. The van der Waals surface area contributed by atoms with Crippen LogP contribution >= 0.6 is 0 Å². The van der Waals surface area contributed by atoms with E-state index in [-0.39, 0.29) is 18.4 Å². The van der Waals surface area contributed by atoms with E-state index in [2.05, 4.69) is 5.32 Å². The molecular formula is C19H22N2O4. The SMILES string of the molecule is COc1ccc(NC(=O)CN(C(C)=O)c2cc(C)ccc2OC)cc1. The van der Waals surface area contributed by atoms with E-state index in [4.69, 9.17) is 9.47 Å². The highest BCUT2D eigenvalue weighted by atomic mass is 16.5. The van der Waals surface area contributed by atoms with Gasteiger partial charge in [0.2, 0.25) is 11.8 Å². The van der Waals surface area contributed by atoms with Crippen LogP contribution in [0.2, 0.25) is 0 Å². The number of nitrogens with one attached hydrogen (secondary N) is 1. The first kappa shape index (κ1) is 18.3. The van der Waals surface area contributed by atoms with Crippen LogP contribution in [0.25, 0.3) is 0 Å². The molecule has 0 aromatic heterocycles. The molecule has 1 N–H and O–H groups in total. The maximum Gasteiger partial charge on any atom is 0.244 e. The molecule has 0 aliphatic rings. The summed E-state index contributed by atoms with van der Waals surface area (Å²) in [7, 11) is 3.11. The topological polar surface area (TPSA) is 67.9 Å². The summed E-state index contributed by atoms with van der Waals surface area (Å²) in [5.41, 5.74) is 2.17. The van der Waals surface area contributed by atoms with Gasteiger partial charge in [0.1, 0.15) is 18.0 Å². The lowest BCUT2D eigenvalue weighted by atomic mass is 10.2. The lowest BCUT2D eigenvalue weighted by Gasteiger charge is -2.23. The maximum atomic E-state index is 12.4. The average Bonchev–Trinajstić information content (AvgIpc) is 2.60. The Morgan fingerprint density at radius 2 is 1.72 bits per heavy atom. The van der Waals surface area contributed by atoms with E-state index >= 15 is 0 Å². The molecule has 0 fully saturated rings. The fourth-order valence-electron chi connectivity index (χ4n) is 2.40. The fourth-order valence-corrected chi connectivity index (χ4v) is 2.40. The Labute approximate surface area is 147 Å². The minimum Gasteiger partial charge on any atom is -0.497 e. The van der Waals surface area contributed by atoms with Gasteiger partial charge in [0.25, 0.3) is 0 Å². The Bertz CT molecular complexity index is 757. The number of anilines is 2. The van der Waals surface area contributed by atoms with Crippen LogP contribution in [0.4, 0.5) is 11.4 Å². The molecule has 25 heavy (non-hydrogen) atoms. The Balaban J connectivity index is 2.17. The Morgan fingerprint density at radius 3 is 2.28 bits per heavy atom. The molecule has 0 aliphatic carbocycles. The Hall–Kier alpha value is -3.02. The quantitative estimate of drug-likeness (QED) is 0.876. The van der Waals surface area contributed by atoms with E-state index < -0.39 is 0 Å². The normalized spacial score (nSPS) is 10.1. The molecule has 0 saturated carbocycles. The van der Waals surface area contributed by atoms with Crippen molar-refractivity contribution >= 4 is 23.2 Å². The molecular weight excluding hydrogens is 320 g/mol. The smallest absolute Gasteiger partial charge is 0.244 e. The van der Waals surface area contributed by atoms with Crippen LogP contribution < -0.4 is 19.7 Å². The monoisotopic (exact) mass is 342 g/mol. The second-order valence-corrected chi connectivity index (χ2v) is 5.56. The van der Waals surface area contributed by atoms with Crippen LogP contribution in [0.15, 0.2) is 42.5 Å². The van der Waals surface area contributed by atoms with Crippen molar-refractivity contribution in [3.8, 4) is 11.5 Å². The van der Waals surface area contributed by atoms with E-state index in [0.717, 1.165) is 5.56 Å². The zero-order chi connectivity index (χ0) is 18.4. The molecule has 6 heteroatoms. The predicted molar refractivity (Wildman–Crippen MR) is 97.4 cm³/mol. The lowest BCUT2D eigenvalue weighted by molar-refractivity contribution is -0.120. The number of benzene rings is 2. The van der Waals surface area contributed by atoms with Crippen LogP contribution in [-0.2, 0) is 9.59 Å². The van der Waals surface area contributed by atoms with Crippen molar-refractivity contribution in [2.45, 2.75) is 13.8 Å². The van der Waals surface area contributed by atoms with Gasteiger partial charge in [0, 0.05) is 12.6 Å². The Kier molecular flexibility index (Phi) is 6.00.